The summed E-state index contributed by atoms with van der Waals surface area (Å²) in [4.78, 5) is 11.8. The van der Waals surface area contributed by atoms with Crippen molar-refractivity contribution in [1.82, 2.24) is 5.32 Å². The first kappa shape index (κ1) is 16.8. The number of benzene rings is 1. The Hall–Kier alpha value is -1.26. The average Bonchev–Trinajstić information content (AvgIpc) is 2.37. The van der Waals surface area contributed by atoms with Crippen LogP contribution in [0.2, 0.25) is 5.02 Å². The van der Waals surface area contributed by atoms with E-state index < -0.39 is 0 Å². The van der Waals surface area contributed by atoms with Crippen molar-refractivity contribution in [2.24, 2.45) is 5.73 Å². The van der Waals surface area contributed by atoms with Gasteiger partial charge in [0.05, 0.1) is 0 Å². The highest BCUT2D eigenvalue weighted by Gasteiger charge is 2.12. The molecule has 0 bridgehead atoms. The summed E-state index contributed by atoms with van der Waals surface area (Å²) in [6.45, 7) is 5.90. The fourth-order valence-electron chi connectivity index (χ4n) is 1.97. The number of hydrogen-bond acceptors (Lipinski definition) is 3. The number of hydrogen-bond donors (Lipinski definition) is 2. The minimum Gasteiger partial charge on any atom is -0.483 e. The van der Waals surface area contributed by atoms with Crippen LogP contribution in [0.1, 0.15) is 45.2 Å². The Kier molecular flexibility index (Phi) is 6.82. The minimum atomic E-state index is -0.203. The molecule has 1 aromatic rings. The van der Waals surface area contributed by atoms with E-state index in [1.165, 1.54) is 0 Å². The van der Waals surface area contributed by atoms with Gasteiger partial charge in [-0.05, 0) is 38.5 Å². The summed E-state index contributed by atoms with van der Waals surface area (Å²) in [6.07, 6.45) is 1.99. The molecule has 0 aromatic heterocycles. The summed E-state index contributed by atoms with van der Waals surface area (Å²) < 4.78 is 5.54. The summed E-state index contributed by atoms with van der Waals surface area (Å²) in [5, 5.41) is 3.49. The second-order valence-electron chi connectivity index (χ2n) is 5.02. The largest absolute Gasteiger partial charge is 0.483 e. The average molecular weight is 299 g/mol. The number of amides is 1. The quantitative estimate of drug-likeness (QED) is 0.813. The molecule has 5 heteroatoms. The molecule has 0 saturated heterocycles. The smallest absolute Gasteiger partial charge is 0.258 e. The molecule has 1 amide bonds. The van der Waals surface area contributed by atoms with Gasteiger partial charge < -0.3 is 15.8 Å². The zero-order valence-electron chi connectivity index (χ0n) is 12.3. The summed E-state index contributed by atoms with van der Waals surface area (Å²) in [5.41, 5.74) is 6.67. The molecule has 112 valence electrons. The molecule has 0 radical (unpaired) electrons. The Morgan fingerprint density at radius 2 is 2.15 bits per heavy atom. The van der Waals surface area contributed by atoms with Gasteiger partial charge in [0.15, 0.2) is 6.61 Å². The van der Waals surface area contributed by atoms with Gasteiger partial charge in [0.25, 0.3) is 5.91 Å². The Labute approximate surface area is 125 Å². The molecule has 0 heterocycles. The highest BCUT2D eigenvalue weighted by atomic mass is 35.5. The molecule has 1 rings (SSSR count). The lowest BCUT2D eigenvalue weighted by atomic mass is 10.1. The second kappa shape index (κ2) is 8.12. The van der Waals surface area contributed by atoms with Gasteiger partial charge in [0.2, 0.25) is 0 Å². The van der Waals surface area contributed by atoms with Crippen LogP contribution in [0, 0.1) is 0 Å². The normalized spacial score (nSPS) is 13.7. The lowest BCUT2D eigenvalue weighted by Crippen LogP contribution is -2.36. The topological polar surface area (TPSA) is 64.3 Å². The minimum absolute atomic E-state index is 0.0184. The molecule has 1 unspecified atom stereocenters. The number of nitrogens with one attached hydrogen (secondary N) is 1. The van der Waals surface area contributed by atoms with E-state index in [1.807, 2.05) is 13.8 Å². The molecule has 0 aliphatic rings. The number of ether oxygens (including phenoxy) is 1. The number of rotatable bonds is 7. The molecule has 0 aliphatic heterocycles. The van der Waals surface area contributed by atoms with E-state index in [9.17, 15) is 4.79 Å². The lowest BCUT2D eigenvalue weighted by Gasteiger charge is -2.16. The predicted octanol–water partition coefficient (Wildman–Crippen LogP) is 3.04. The summed E-state index contributed by atoms with van der Waals surface area (Å²) in [7, 11) is 0. The van der Waals surface area contributed by atoms with Crippen LogP contribution in [0.15, 0.2) is 18.2 Å². The van der Waals surface area contributed by atoms with Crippen LogP contribution in [0.25, 0.3) is 0 Å². The SMILES string of the molecule is CCCC(C)NC(=O)COc1ccc(Cl)cc1[C@@H](C)N. The molecule has 0 saturated carbocycles. The van der Waals surface area contributed by atoms with Gasteiger partial charge in [-0.3, -0.25) is 4.79 Å². The monoisotopic (exact) mass is 298 g/mol. The molecule has 20 heavy (non-hydrogen) atoms. The standard InChI is InChI=1S/C15H23ClN2O2/c1-4-5-10(2)18-15(19)9-20-14-7-6-12(16)8-13(14)11(3)17/h6-8,10-11H,4-5,9,17H2,1-3H3,(H,18,19)/t10?,11-/m1/s1. The molecule has 0 aliphatic carbocycles. The zero-order valence-corrected chi connectivity index (χ0v) is 13.0. The maximum absolute atomic E-state index is 11.8. The van der Waals surface area contributed by atoms with Gasteiger partial charge in [-0.2, -0.15) is 0 Å². The van der Waals surface area contributed by atoms with E-state index >= 15 is 0 Å². The van der Waals surface area contributed by atoms with Crippen LogP contribution in [0.3, 0.4) is 0 Å². The Morgan fingerprint density at radius 1 is 1.45 bits per heavy atom. The van der Waals surface area contributed by atoms with Crippen LogP contribution >= 0.6 is 11.6 Å². The summed E-state index contributed by atoms with van der Waals surface area (Å²) in [6, 6.07) is 5.18. The van der Waals surface area contributed by atoms with E-state index in [0.717, 1.165) is 18.4 Å². The van der Waals surface area contributed by atoms with Crippen molar-refractivity contribution in [1.29, 1.82) is 0 Å². The first-order valence-electron chi connectivity index (χ1n) is 6.91. The van der Waals surface area contributed by atoms with Crippen molar-refractivity contribution in [3.63, 3.8) is 0 Å². The number of carbonyl (C=O) groups is 1. The van der Waals surface area contributed by atoms with Gasteiger partial charge in [-0.15, -0.1) is 0 Å². The van der Waals surface area contributed by atoms with Crippen molar-refractivity contribution < 1.29 is 9.53 Å². The molecule has 0 spiro atoms. The third-order valence-corrected chi connectivity index (χ3v) is 3.19. The maximum Gasteiger partial charge on any atom is 0.258 e. The highest BCUT2D eigenvalue weighted by Crippen LogP contribution is 2.27. The van der Waals surface area contributed by atoms with Gasteiger partial charge >= 0.3 is 0 Å². The highest BCUT2D eigenvalue weighted by molar-refractivity contribution is 6.30. The van der Waals surface area contributed by atoms with Crippen molar-refractivity contribution in [3.8, 4) is 5.75 Å². The summed E-state index contributed by atoms with van der Waals surface area (Å²) in [5.74, 6) is 0.471. The van der Waals surface area contributed by atoms with Gasteiger partial charge in [0, 0.05) is 22.7 Å². The molecule has 4 nitrogen and oxygen atoms in total. The third kappa shape index (κ3) is 5.39. The molecule has 0 fully saturated rings. The van der Waals surface area contributed by atoms with Crippen molar-refractivity contribution in [3.05, 3.63) is 28.8 Å². The maximum atomic E-state index is 11.8. The zero-order chi connectivity index (χ0) is 15.1. The molecular formula is C15H23ClN2O2. The van der Waals surface area contributed by atoms with E-state index in [4.69, 9.17) is 22.1 Å². The first-order chi connectivity index (χ1) is 9.43. The van der Waals surface area contributed by atoms with E-state index in [2.05, 4.69) is 12.2 Å². The Morgan fingerprint density at radius 3 is 2.75 bits per heavy atom. The number of nitrogens with two attached hydrogens (primary N) is 1. The molecule has 1 aromatic carbocycles. The lowest BCUT2D eigenvalue weighted by molar-refractivity contribution is -0.123. The van der Waals surface area contributed by atoms with Gasteiger partial charge in [0.1, 0.15) is 5.75 Å². The van der Waals surface area contributed by atoms with E-state index in [0.29, 0.717) is 10.8 Å². The predicted molar refractivity (Wildman–Crippen MR) is 82.1 cm³/mol. The third-order valence-electron chi connectivity index (χ3n) is 2.95. The molecular weight excluding hydrogens is 276 g/mol. The second-order valence-corrected chi connectivity index (χ2v) is 5.45. The number of halogens is 1. The van der Waals surface area contributed by atoms with Crippen molar-refractivity contribution in [2.75, 3.05) is 6.61 Å². The Bertz CT molecular complexity index is 449. The molecule has 2 atom stereocenters. The first-order valence-corrected chi connectivity index (χ1v) is 7.29. The summed E-state index contributed by atoms with van der Waals surface area (Å²) >= 11 is 5.94. The molecule has 3 N–H and O–H groups in total. The fourth-order valence-corrected chi connectivity index (χ4v) is 2.15. The van der Waals surface area contributed by atoms with Gasteiger partial charge in [-0.25, -0.2) is 0 Å². The van der Waals surface area contributed by atoms with Crippen LogP contribution < -0.4 is 15.8 Å². The van der Waals surface area contributed by atoms with E-state index in [1.54, 1.807) is 18.2 Å². The van der Waals surface area contributed by atoms with Crippen molar-refractivity contribution >= 4 is 17.5 Å². The Balaban J connectivity index is 2.59. The van der Waals surface area contributed by atoms with Crippen LogP contribution in [-0.2, 0) is 4.79 Å². The van der Waals surface area contributed by atoms with Crippen LogP contribution in [-0.4, -0.2) is 18.6 Å². The fraction of sp³-hybridized carbons (Fsp3) is 0.533. The number of carbonyl (C=O) groups excluding carboxylic acids is 1. The van der Waals surface area contributed by atoms with E-state index in [-0.39, 0.29) is 24.6 Å². The van der Waals surface area contributed by atoms with Crippen molar-refractivity contribution in [2.45, 2.75) is 45.7 Å². The van der Waals surface area contributed by atoms with Crippen LogP contribution in [0.4, 0.5) is 0 Å². The van der Waals surface area contributed by atoms with Gasteiger partial charge in [-0.1, -0.05) is 24.9 Å². The van der Waals surface area contributed by atoms with Crippen LogP contribution in [0.5, 0.6) is 5.75 Å².